The van der Waals surface area contributed by atoms with Gasteiger partial charge in [0.05, 0.1) is 12.3 Å². The van der Waals surface area contributed by atoms with Gasteiger partial charge in [0.15, 0.2) is 5.70 Å². The smallest absolute Gasteiger partial charge is 0.363 e. The summed E-state index contributed by atoms with van der Waals surface area (Å²) < 4.78 is 12.5. The third-order valence-corrected chi connectivity index (χ3v) is 4.41. The number of ether oxygens (including phenoxy) is 2. The average molecular weight is 374 g/mol. The van der Waals surface area contributed by atoms with E-state index in [9.17, 15) is 4.79 Å². The van der Waals surface area contributed by atoms with E-state index in [4.69, 9.17) is 21.1 Å². The number of halogens is 1. The zero-order chi connectivity index (χ0) is 18.7. The van der Waals surface area contributed by atoms with Crippen molar-refractivity contribution in [2.45, 2.75) is 26.7 Å². The zero-order valence-corrected chi connectivity index (χ0v) is 15.7. The first kappa shape index (κ1) is 18.2. The van der Waals surface area contributed by atoms with Gasteiger partial charge in [-0.15, -0.1) is 0 Å². The Morgan fingerprint density at radius 1 is 1.31 bits per heavy atom. The minimum atomic E-state index is -0.511. The molecule has 1 aromatic heterocycles. The van der Waals surface area contributed by atoms with Crippen molar-refractivity contribution in [3.8, 4) is 5.75 Å². The number of nitrogens with zero attached hydrogens (tertiary/aromatic N) is 3. The van der Waals surface area contributed by atoms with Crippen LogP contribution in [0.1, 0.15) is 36.6 Å². The van der Waals surface area contributed by atoms with E-state index in [1.807, 2.05) is 31.2 Å². The van der Waals surface area contributed by atoms with Crippen molar-refractivity contribution in [2.24, 2.45) is 12.0 Å². The Bertz CT molecular complexity index is 882. The molecule has 26 heavy (non-hydrogen) atoms. The van der Waals surface area contributed by atoms with Gasteiger partial charge in [0, 0.05) is 18.2 Å². The van der Waals surface area contributed by atoms with Crippen molar-refractivity contribution >= 4 is 29.5 Å². The Morgan fingerprint density at radius 2 is 2.04 bits per heavy atom. The monoisotopic (exact) mass is 373 g/mol. The summed E-state index contributed by atoms with van der Waals surface area (Å²) in [5.41, 5.74) is 2.28. The maximum atomic E-state index is 12.1. The molecular weight excluding hydrogens is 354 g/mol. The van der Waals surface area contributed by atoms with Crippen molar-refractivity contribution in [2.75, 3.05) is 6.61 Å². The molecule has 0 unspecified atom stereocenters. The lowest BCUT2D eigenvalue weighted by atomic mass is 10.2. The molecule has 1 aliphatic heterocycles. The van der Waals surface area contributed by atoms with Crippen LogP contribution in [-0.2, 0) is 16.6 Å². The number of hydrogen-bond acceptors (Lipinski definition) is 5. The fraction of sp³-hybridized carbons (Fsp3) is 0.316. The molecule has 0 spiro atoms. The fourth-order valence-electron chi connectivity index (χ4n) is 2.51. The normalized spacial score (nSPS) is 15.3. The topological polar surface area (TPSA) is 65.7 Å². The van der Waals surface area contributed by atoms with Gasteiger partial charge in [-0.05, 0) is 43.7 Å². The first-order valence-corrected chi connectivity index (χ1v) is 8.82. The van der Waals surface area contributed by atoms with Crippen LogP contribution in [0.5, 0.6) is 5.75 Å². The second-order valence-electron chi connectivity index (χ2n) is 5.98. The lowest BCUT2D eigenvalue weighted by Crippen LogP contribution is -2.05. The van der Waals surface area contributed by atoms with Crippen molar-refractivity contribution in [3.05, 3.63) is 51.9 Å². The van der Waals surface area contributed by atoms with E-state index < -0.39 is 5.97 Å². The van der Waals surface area contributed by atoms with Crippen molar-refractivity contribution in [3.63, 3.8) is 0 Å². The molecule has 0 aliphatic carbocycles. The molecule has 0 saturated carbocycles. The summed E-state index contributed by atoms with van der Waals surface area (Å²) in [4.78, 5) is 16.4. The Balaban J connectivity index is 1.80. The van der Waals surface area contributed by atoms with Crippen LogP contribution in [0, 0.1) is 6.92 Å². The summed E-state index contributed by atoms with van der Waals surface area (Å²) in [5, 5.41) is 4.67. The molecule has 0 fully saturated rings. The first-order chi connectivity index (χ1) is 12.5. The Morgan fingerprint density at radius 3 is 2.65 bits per heavy atom. The van der Waals surface area contributed by atoms with Gasteiger partial charge in [0.2, 0.25) is 5.90 Å². The SMILES string of the molecule is CCCCOc1ccc(C2=N/C(=C/c3c(C)nn(C)c3Cl)C(=O)O2)cc1. The van der Waals surface area contributed by atoms with Gasteiger partial charge >= 0.3 is 5.97 Å². The number of carbonyl (C=O) groups excluding carboxylic acids is 1. The Kier molecular flexibility index (Phi) is 5.42. The molecule has 2 heterocycles. The molecule has 1 aromatic carbocycles. The highest BCUT2D eigenvalue weighted by atomic mass is 35.5. The first-order valence-electron chi connectivity index (χ1n) is 8.44. The maximum Gasteiger partial charge on any atom is 0.363 e. The molecule has 0 N–H and O–H groups in total. The van der Waals surface area contributed by atoms with Crippen LogP contribution in [-0.4, -0.2) is 28.3 Å². The van der Waals surface area contributed by atoms with Crippen molar-refractivity contribution < 1.29 is 14.3 Å². The summed E-state index contributed by atoms with van der Waals surface area (Å²) in [6, 6.07) is 7.31. The van der Waals surface area contributed by atoms with Crippen LogP contribution in [0.15, 0.2) is 35.0 Å². The molecule has 0 amide bonds. The molecule has 1 aliphatic rings. The molecule has 2 aromatic rings. The number of esters is 1. The number of aryl methyl sites for hydroxylation is 2. The molecular formula is C19H20ClN3O3. The van der Waals surface area contributed by atoms with E-state index in [1.54, 1.807) is 17.8 Å². The van der Waals surface area contributed by atoms with Crippen LogP contribution in [0.25, 0.3) is 6.08 Å². The van der Waals surface area contributed by atoms with Gasteiger partial charge in [0.25, 0.3) is 0 Å². The van der Waals surface area contributed by atoms with Crippen molar-refractivity contribution in [1.82, 2.24) is 9.78 Å². The zero-order valence-electron chi connectivity index (χ0n) is 15.0. The standard InChI is InChI=1S/C19H20ClN3O3/c1-4-5-10-25-14-8-6-13(7-9-14)18-21-16(19(24)26-18)11-15-12(2)22-23(3)17(15)20/h6-9,11H,4-5,10H2,1-3H3/b16-11+. The van der Waals surface area contributed by atoms with Crippen LogP contribution < -0.4 is 4.74 Å². The Labute approximate surface area is 157 Å². The van der Waals surface area contributed by atoms with Crippen LogP contribution in [0.2, 0.25) is 5.15 Å². The molecule has 3 rings (SSSR count). The van der Waals surface area contributed by atoms with E-state index in [-0.39, 0.29) is 11.6 Å². The molecule has 0 atom stereocenters. The minimum Gasteiger partial charge on any atom is -0.494 e. The molecule has 0 saturated heterocycles. The fourth-order valence-corrected chi connectivity index (χ4v) is 2.74. The lowest BCUT2D eigenvalue weighted by molar-refractivity contribution is -0.129. The Hall–Kier alpha value is -2.60. The maximum absolute atomic E-state index is 12.1. The van der Waals surface area contributed by atoms with E-state index in [2.05, 4.69) is 17.0 Å². The van der Waals surface area contributed by atoms with E-state index in [0.29, 0.717) is 22.9 Å². The second kappa shape index (κ2) is 7.74. The van der Waals surface area contributed by atoms with Gasteiger partial charge in [-0.25, -0.2) is 9.79 Å². The third-order valence-electron chi connectivity index (χ3n) is 3.97. The largest absolute Gasteiger partial charge is 0.494 e. The molecule has 0 radical (unpaired) electrons. The van der Waals surface area contributed by atoms with E-state index in [0.717, 1.165) is 24.3 Å². The summed E-state index contributed by atoms with van der Waals surface area (Å²) in [7, 11) is 1.74. The van der Waals surface area contributed by atoms with Crippen LogP contribution in [0.4, 0.5) is 0 Å². The highest BCUT2D eigenvalue weighted by Crippen LogP contribution is 2.25. The summed E-state index contributed by atoms with van der Waals surface area (Å²) in [5.74, 6) is 0.530. The molecule has 7 heteroatoms. The summed E-state index contributed by atoms with van der Waals surface area (Å²) >= 11 is 6.20. The number of unbranched alkanes of at least 4 members (excludes halogenated alkanes) is 1. The predicted octanol–water partition coefficient (Wildman–Crippen LogP) is 3.91. The number of aromatic nitrogens is 2. The van der Waals surface area contributed by atoms with Crippen LogP contribution >= 0.6 is 11.6 Å². The minimum absolute atomic E-state index is 0.196. The van der Waals surface area contributed by atoms with E-state index in [1.165, 1.54) is 0 Å². The number of aliphatic imine (C=N–C) groups is 1. The van der Waals surface area contributed by atoms with Crippen molar-refractivity contribution in [1.29, 1.82) is 0 Å². The molecule has 0 bridgehead atoms. The number of benzene rings is 1. The van der Waals surface area contributed by atoms with Gasteiger partial charge in [-0.1, -0.05) is 24.9 Å². The predicted molar refractivity (Wildman–Crippen MR) is 100 cm³/mol. The quantitative estimate of drug-likeness (QED) is 0.437. The second-order valence-corrected chi connectivity index (χ2v) is 6.33. The third kappa shape index (κ3) is 3.80. The number of rotatable bonds is 6. The lowest BCUT2D eigenvalue weighted by Gasteiger charge is -2.05. The highest BCUT2D eigenvalue weighted by molar-refractivity contribution is 6.31. The highest BCUT2D eigenvalue weighted by Gasteiger charge is 2.25. The number of cyclic esters (lactones) is 1. The van der Waals surface area contributed by atoms with Crippen LogP contribution in [0.3, 0.4) is 0 Å². The van der Waals surface area contributed by atoms with Gasteiger partial charge < -0.3 is 9.47 Å². The van der Waals surface area contributed by atoms with E-state index >= 15 is 0 Å². The summed E-state index contributed by atoms with van der Waals surface area (Å²) in [6.07, 6.45) is 3.69. The number of hydrogen-bond donors (Lipinski definition) is 0. The van der Waals surface area contributed by atoms with Gasteiger partial charge in [-0.2, -0.15) is 5.10 Å². The number of carbonyl (C=O) groups is 1. The van der Waals surface area contributed by atoms with Gasteiger partial charge in [0.1, 0.15) is 10.9 Å². The molecule has 136 valence electrons. The molecule has 6 nitrogen and oxygen atoms in total. The average Bonchev–Trinajstić information content (AvgIpc) is 3.10. The summed E-state index contributed by atoms with van der Waals surface area (Å²) in [6.45, 7) is 4.62. The van der Waals surface area contributed by atoms with Gasteiger partial charge in [-0.3, -0.25) is 4.68 Å².